The molecule has 116 valence electrons. The van der Waals surface area contributed by atoms with E-state index in [1.54, 1.807) is 0 Å². The Hall–Kier alpha value is -0.860. The van der Waals surface area contributed by atoms with Gasteiger partial charge >= 0.3 is 0 Å². The highest BCUT2D eigenvalue weighted by Gasteiger charge is 2.33. The molecule has 1 unspecified atom stereocenters. The molecule has 0 amide bonds. The maximum absolute atomic E-state index is 3.55. The highest BCUT2D eigenvalue weighted by Crippen LogP contribution is 2.36. The fourth-order valence-electron chi connectivity index (χ4n) is 4.44. The molecule has 0 bridgehead atoms. The van der Waals surface area contributed by atoms with Crippen molar-refractivity contribution in [1.82, 2.24) is 10.2 Å². The number of likely N-dealkylation sites (N-methyl/N-ethyl adjacent to an activating group) is 1. The molecule has 1 aromatic rings. The van der Waals surface area contributed by atoms with E-state index < -0.39 is 0 Å². The van der Waals surface area contributed by atoms with E-state index in [4.69, 9.17) is 0 Å². The van der Waals surface area contributed by atoms with Crippen LogP contribution in [-0.2, 0) is 0 Å². The number of fused-ring (bicyclic) bond motifs is 1. The molecule has 0 radical (unpaired) electrons. The van der Waals surface area contributed by atoms with Crippen molar-refractivity contribution in [3.05, 3.63) is 35.4 Å². The van der Waals surface area contributed by atoms with Gasteiger partial charge in [-0.05, 0) is 57.7 Å². The second-order valence-corrected chi connectivity index (χ2v) is 7.00. The molecule has 1 N–H and O–H groups in total. The number of hydrogen-bond acceptors (Lipinski definition) is 2. The Morgan fingerprint density at radius 3 is 2.81 bits per heavy atom. The van der Waals surface area contributed by atoms with Gasteiger partial charge in [0.15, 0.2) is 0 Å². The monoisotopic (exact) mass is 286 g/mol. The zero-order valence-corrected chi connectivity index (χ0v) is 13.6. The molecule has 2 heteroatoms. The smallest absolute Gasteiger partial charge is 0.0447 e. The van der Waals surface area contributed by atoms with Gasteiger partial charge in [-0.3, -0.25) is 4.90 Å². The summed E-state index contributed by atoms with van der Waals surface area (Å²) in [6.45, 7) is 4.65. The third kappa shape index (κ3) is 3.49. The predicted molar refractivity (Wildman–Crippen MR) is 89.5 cm³/mol. The van der Waals surface area contributed by atoms with Gasteiger partial charge in [0.05, 0.1) is 0 Å². The SMILES string of the molecule is CNC(CN1CCC[C@H]2CCCC[C@H]21)c1cccc(C)c1. The Labute approximate surface area is 129 Å². The van der Waals surface area contributed by atoms with Crippen molar-refractivity contribution in [3.63, 3.8) is 0 Å². The van der Waals surface area contributed by atoms with Crippen LogP contribution in [0.1, 0.15) is 55.7 Å². The van der Waals surface area contributed by atoms with Crippen molar-refractivity contribution in [2.24, 2.45) is 5.92 Å². The number of piperidine rings is 1. The van der Waals surface area contributed by atoms with E-state index in [0.717, 1.165) is 12.0 Å². The summed E-state index contributed by atoms with van der Waals surface area (Å²) < 4.78 is 0. The Morgan fingerprint density at radius 2 is 2.00 bits per heavy atom. The second kappa shape index (κ2) is 6.93. The summed E-state index contributed by atoms with van der Waals surface area (Å²) in [5, 5.41) is 3.55. The second-order valence-electron chi connectivity index (χ2n) is 7.00. The highest BCUT2D eigenvalue weighted by atomic mass is 15.2. The maximum atomic E-state index is 3.55. The van der Waals surface area contributed by atoms with Crippen molar-refractivity contribution in [3.8, 4) is 0 Å². The van der Waals surface area contributed by atoms with Crippen LogP contribution < -0.4 is 5.32 Å². The summed E-state index contributed by atoms with van der Waals surface area (Å²) in [6, 6.07) is 10.3. The predicted octanol–water partition coefficient (Wildman–Crippen LogP) is 3.91. The van der Waals surface area contributed by atoms with Gasteiger partial charge in [0.2, 0.25) is 0 Å². The first-order valence-electron chi connectivity index (χ1n) is 8.76. The van der Waals surface area contributed by atoms with Gasteiger partial charge in [-0.25, -0.2) is 0 Å². The number of likely N-dealkylation sites (tertiary alicyclic amines) is 1. The minimum atomic E-state index is 0.463. The van der Waals surface area contributed by atoms with Gasteiger partial charge in [-0.2, -0.15) is 0 Å². The van der Waals surface area contributed by atoms with Crippen LogP contribution in [0, 0.1) is 12.8 Å². The van der Waals surface area contributed by atoms with Crippen molar-refractivity contribution in [2.45, 2.75) is 57.5 Å². The Morgan fingerprint density at radius 1 is 1.19 bits per heavy atom. The summed E-state index contributed by atoms with van der Waals surface area (Å²) in [5.74, 6) is 0.975. The van der Waals surface area contributed by atoms with Crippen LogP contribution in [0.5, 0.6) is 0 Å². The highest BCUT2D eigenvalue weighted by molar-refractivity contribution is 5.25. The van der Waals surface area contributed by atoms with Crippen LogP contribution in [-0.4, -0.2) is 31.1 Å². The fraction of sp³-hybridized carbons (Fsp3) is 0.684. The summed E-state index contributed by atoms with van der Waals surface area (Å²) in [6.07, 6.45) is 8.65. The van der Waals surface area contributed by atoms with Crippen LogP contribution in [0.4, 0.5) is 0 Å². The van der Waals surface area contributed by atoms with Crippen molar-refractivity contribution in [2.75, 3.05) is 20.1 Å². The lowest BCUT2D eigenvalue weighted by molar-refractivity contribution is 0.0535. The molecule has 3 atom stereocenters. The third-order valence-electron chi connectivity index (χ3n) is 5.57. The maximum Gasteiger partial charge on any atom is 0.0447 e. The van der Waals surface area contributed by atoms with Crippen LogP contribution >= 0.6 is 0 Å². The minimum Gasteiger partial charge on any atom is -0.312 e. The van der Waals surface area contributed by atoms with E-state index in [-0.39, 0.29) is 0 Å². The lowest BCUT2D eigenvalue weighted by Crippen LogP contribution is -2.49. The number of nitrogens with zero attached hydrogens (tertiary/aromatic N) is 1. The Balaban J connectivity index is 1.70. The lowest BCUT2D eigenvalue weighted by Gasteiger charge is -2.45. The summed E-state index contributed by atoms with van der Waals surface area (Å²) in [5.41, 5.74) is 2.80. The molecule has 2 aliphatic rings. The molecule has 0 spiro atoms. The van der Waals surface area contributed by atoms with E-state index in [9.17, 15) is 0 Å². The van der Waals surface area contributed by atoms with Gasteiger partial charge in [-0.1, -0.05) is 42.7 Å². The van der Waals surface area contributed by atoms with Gasteiger partial charge < -0.3 is 5.32 Å². The molecule has 2 nitrogen and oxygen atoms in total. The van der Waals surface area contributed by atoms with E-state index >= 15 is 0 Å². The average molecular weight is 286 g/mol. The van der Waals surface area contributed by atoms with Crippen LogP contribution in [0.25, 0.3) is 0 Å². The number of rotatable bonds is 4. The van der Waals surface area contributed by atoms with E-state index in [0.29, 0.717) is 6.04 Å². The first-order chi connectivity index (χ1) is 10.3. The number of hydrogen-bond donors (Lipinski definition) is 1. The minimum absolute atomic E-state index is 0.463. The molecule has 1 heterocycles. The van der Waals surface area contributed by atoms with Gasteiger partial charge in [0.1, 0.15) is 0 Å². The molecule has 1 aliphatic heterocycles. The zero-order valence-electron chi connectivity index (χ0n) is 13.6. The molecule has 2 fully saturated rings. The average Bonchev–Trinajstić information content (AvgIpc) is 2.52. The number of aryl methyl sites for hydroxylation is 1. The first-order valence-corrected chi connectivity index (χ1v) is 8.76. The molecule has 0 aromatic heterocycles. The van der Waals surface area contributed by atoms with Crippen LogP contribution in [0.15, 0.2) is 24.3 Å². The van der Waals surface area contributed by atoms with Crippen molar-refractivity contribution >= 4 is 0 Å². The molecule has 1 saturated carbocycles. The molecule has 3 rings (SSSR count). The molecule has 1 aromatic carbocycles. The standard InChI is InChI=1S/C19H30N2/c1-15-7-5-9-17(13-15)18(20-2)14-21-12-6-10-16-8-3-4-11-19(16)21/h5,7,9,13,16,18-20H,3-4,6,8,10-12,14H2,1-2H3/t16-,18?,19-/m1/s1. The number of benzene rings is 1. The Kier molecular flexibility index (Phi) is 4.97. The molecule has 21 heavy (non-hydrogen) atoms. The largest absolute Gasteiger partial charge is 0.312 e. The number of nitrogens with one attached hydrogen (secondary N) is 1. The van der Waals surface area contributed by atoms with Crippen LogP contribution in [0.3, 0.4) is 0 Å². The van der Waals surface area contributed by atoms with Crippen molar-refractivity contribution < 1.29 is 0 Å². The molecular weight excluding hydrogens is 256 g/mol. The van der Waals surface area contributed by atoms with Gasteiger partial charge in [0.25, 0.3) is 0 Å². The van der Waals surface area contributed by atoms with Gasteiger partial charge in [-0.15, -0.1) is 0 Å². The first kappa shape index (κ1) is 15.1. The fourth-order valence-corrected chi connectivity index (χ4v) is 4.44. The van der Waals surface area contributed by atoms with Crippen LogP contribution in [0.2, 0.25) is 0 Å². The van der Waals surface area contributed by atoms with E-state index in [2.05, 4.69) is 48.5 Å². The Bertz CT molecular complexity index is 455. The molecule has 1 aliphatic carbocycles. The lowest BCUT2D eigenvalue weighted by atomic mass is 9.78. The third-order valence-corrected chi connectivity index (χ3v) is 5.57. The summed E-state index contributed by atoms with van der Waals surface area (Å²) in [4.78, 5) is 2.79. The van der Waals surface area contributed by atoms with E-state index in [1.807, 2.05) is 0 Å². The zero-order chi connectivity index (χ0) is 14.7. The normalized spacial score (nSPS) is 28.1. The van der Waals surface area contributed by atoms with E-state index in [1.165, 1.54) is 62.7 Å². The summed E-state index contributed by atoms with van der Waals surface area (Å²) in [7, 11) is 2.11. The topological polar surface area (TPSA) is 15.3 Å². The van der Waals surface area contributed by atoms with Crippen molar-refractivity contribution in [1.29, 1.82) is 0 Å². The summed E-state index contributed by atoms with van der Waals surface area (Å²) >= 11 is 0. The molecular formula is C19H30N2. The quantitative estimate of drug-likeness (QED) is 0.903. The molecule has 1 saturated heterocycles. The van der Waals surface area contributed by atoms with Gasteiger partial charge in [0, 0.05) is 18.6 Å².